The molecule has 0 fully saturated rings. The Morgan fingerprint density at radius 1 is 1.14 bits per heavy atom. The number of nitrogens with one attached hydrogen (secondary N) is 1. The Kier molecular flexibility index (Phi) is 5.66. The van der Waals surface area contributed by atoms with Crippen LogP contribution in [0.5, 0.6) is 5.75 Å². The summed E-state index contributed by atoms with van der Waals surface area (Å²) in [6, 6.07) is 14.5. The quantitative estimate of drug-likeness (QED) is 0.833. The molecule has 0 bridgehead atoms. The van der Waals surface area contributed by atoms with Crippen molar-refractivity contribution in [1.82, 2.24) is 5.32 Å². The molecule has 0 atom stereocenters. The van der Waals surface area contributed by atoms with Crippen LogP contribution in [0.1, 0.15) is 30.5 Å². The summed E-state index contributed by atoms with van der Waals surface area (Å²) in [5.41, 5.74) is 3.42. The van der Waals surface area contributed by atoms with E-state index < -0.39 is 0 Å². The van der Waals surface area contributed by atoms with Crippen molar-refractivity contribution < 1.29 is 4.74 Å². The van der Waals surface area contributed by atoms with E-state index in [1.807, 2.05) is 24.3 Å². The summed E-state index contributed by atoms with van der Waals surface area (Å²) in [5, 5.41) is 4.17. The zero-order chi connectivity index (χ0) is 15.2. The molecule has 0 spiro atoms. The summed E-state index contributed by atoms with van der Waals surface area (Å²) in [7, 11) is 0. The summed E-state index contributed by atoms with van der Waals surface area (Å²) < 4.78 is 6.04. The van der Waals surface area contributed by atoms with Gasteiger partial charge in [-0.1, -0.05) is 55.8 Å². The Morgan fingerprint density at radius 3 is 2.62 bits per heavy atom. The van der Waals surface area contributed by atoms with Crippen LogP contribution in [0.3, 0.4) is 0 Å². The molecule has 0 heterocycles. The molecule has 0 aliphatic heterocycles. The van der Waals surface area contributed by atoms with Gasteiger partial charge >= 0.3 is 0 Å². The minimum atomic E-state index is 0.450. The van der Waals surface area contributed by atoms with Crippen molar-refractivity contribution >= 4 is 11.6 Å². The van der Waals surface area contributed by atoms with E-state index in [9.17, 15) is 0 Å². The van der Waals surface area contributed by atoms with Crippen LogP contribution in [0.2, 0.25) is 5.02 Å². The van der Waals surface area contributed by atoms with Crippen molar-refractivity contribution in [1.29, 1.82) is 0 Å². The minimum Gasteiger partial charge on any atom is -0.488 e. The van der Waals surface area contributed by atoms with Crippen molar-refractivity contribution in [3.63, 3.8) is 0 Å². The topological polar surface area (TPSA) is 21.3 Å². The van der Waals surface area contributed by atoms with Gasteiger partial charge < -0.3 is 10.1 Å². The molecule has 2 aromatic rings. The number of benzene rings is 2. The number of ether oxygens (including phenoxy) is 1. The molecule has 0 saturated heterocycles. The van der Waals surface area contributed by atoms with E-state index in [1.54, 1.807) is 0 Å². The maximum absolute atomic E-state index is 6.04. The lowest BCUT2D eigenvalue weighted by Crippen LogP contribution is -2.22. The molecule has 1 N–H and O–H groups in total. The van der Waals surface area contributed by atoms with Crippen LogP contribution < -0.4 is 10.1 Å². The Bertz CT molecular complexity index is 596. The molecule has 3 heteroatoms. The first-order valence-corrected chi connectivity index (χ1v) is 7.63. The monoisotopic (exact) mass is 303 g/mol. The summed E-state index contributed by atoms with van der Waals surface area (Å²) in [6.07, 6.45) is 0. The van der Waals surface area contributed by atoms with Crippen LogP contribution >= 0.6 is 11.6 Å². The van der Waals surface area contributed by atoms with Crippen LogP contribution in [0.25, 0.3) is 0 Å². The molecule has 0 aliphatic rings. The lowest BCUT2D eigenvalue weighted by molar-refractivity contribution is 0.299. The first-order valence-electron chi connectivity index (χ1n) is 7.25. The van der Waals surface area contributed by atoms with Gasteiger partial charge in [-0.05, 0) is 30.2 Å². The van der Waals surface area contributed by atoms with Crippen molar-refractivity contribution in [3.05, 3.63) is 64.2 Å². The van der Waals surface area contributed by atoms with E-state index in [0.717, 1.165) is 28.4 Å². The molecule has 0 aromatic heterocycles. The Labute approximate surface area is 132 Å². The molecule has 0 amide bonds. The first kappa shape index (κ1) is 15.9. The number of hydrogen-bond donors (Lipinski definition) is 1. The Balaban J connectivity index is 2.11. The molecule has 2 aromatic carbocycles. The molecule has 0 unspecified atom stereocenters. The highest BCUT2D eigenvalue weighted by molar-refractivity contribution is 6.30. The van der Waals surface area contributed by atoms with Gasteiger partial charge in [-0.15, -0.1) is 0 Å². The molecule has 0 saturated carbocycles. The number of aryl methyl sites for hydroxylation is 1. The summed E-state index contributed by atoms with van der Waals surface area (Å²) in [4.78, 5) is 0. The summed E-state index contributed by atoms with van der Waals surface area (Å²) in [6.45, 7) is 7.70. The second-order valence-corrected chi connectivity index (χ2v) is 5.95. The smallest absolute Gasteiger partial charge is 0.127 e. The van der Waals surface area contributed by atoms with Crippen LogP contribution in [0, 0.1) is 6.92 Å². The average Bonchev–Trinajstić information content (AvgIpc) is 2.44. The lowest BCUT2D eigenvalue weighted by atomic mass is 10.1. The second kappa shape index (κ2) is 7.48. The van der Waals surface area contributed by atoms with Gasteiger partial charge in [-0.2, -0.15) is 0 Å². The minimum absolute atomic E-state index is 0.450. The number of para-hydroxylation sites is 1. The molecule has 2 rings (SSSR count). The summed E-state index contributed by atoms with van der Waals surface area (Å²) in [5.74, 6) is 0.964. The van der Waals surface area contributed by atoms with Gasteiger partial charge in [-0.3, -0.25) is 0 Å². The van der Waals surface area contributed by atoms with Gasteiger partial charge in [0.2, 0.25) is 0 Å². The molecule has 112 valence electrons. The van der Waals surface area contributed by atoms with E-state index in [2.05, 4.69) is 44.3 Å². The van der Waals surface area contributed by atoms with Crippen LogP contribution in [-0.4, -0.2) is 6.04 Å². The third-order valence-electron chi connectivity index (χ3n) is 3.27. The van der Waals surface area contributed by atoms with Gasteiger partial charge in [0, 0.05) is 23.2 Å². The Hall–Kier alpha value is -1.51. The molecule has 0 aliphatic carbocycles. The fourth-order valence-corrected chi connectivity index (χ4v) is 2.37. The zero-order valence-electron chi connectivity index (χ0n) is 12.8. The third kappa shape index (κ3) is 4.76. The normalized spacial score (nSPS) is 10.9. The van der Waals surface area contributed by atoms with Crippen molar-refractivity contribution in [2.45, 2.75) is 40.0 Å². The fraction of sp³-hybridized carbons (Fsp3) is 0.333. The SMILES string of the molecule is Cc1cccc(CNC(C)C)c1OCc1cccc(Cl)c1. The van der Waals surface area contributed by atoms with Gasteiger partial charge in [-0.25, -0.2) is 0 Å². The standard InChI is InChI=1S/C18H22ClNO/c1-13(2)20-11-16-8-4-6-14(3)18(16)21-12-15-7-5-9-17(19)10-15/h4-10,13,20H,11-12H2,1-3H3. The van der Waals surface area contributed by atoms with Gasteiger partial charge in [0.15, 0.2) is 0 Å². The first-order chi connectivity index (χ1) is 10.1. The second-order valence-electron chi connectivity index (χ2n) is 5.52. The van der Waals surface area contributed by atoms with Crippen LogP contribution in [-0.2, 0) is 13.2 Å². The van der Waals surface area contributed by atoms with Gasteiger partial charge in [0.25, 0.3) is 0 Å². The zero-order valence-corrected chi connectivity index (χ0v) is 13.6. The highest BCUT2D eigenvalue weighted by Crippen LogP contribution is 2.25. The van der Waals surface area contributed by atoms with Crippen LogP contribution in [0.15, 0.2) is 42.5 Å². The van der Waals surface area contributed by atoms with Crippen molar-refractivity contribution in [2.24, 2.45) is 0 Å². The summed E-state index contributed by atoms with van der Waals surface area (Å²) >= 11 is 6.01. The van der Waals surface area contributed by atoms with Crippen LogP contribution in [0.4, 0.5) is 0 Å². The molecule has 0 radical (unpaired) electrons. The van der Waals surface area contributed by atoms with Crippen molar-refractivity contribution in [2.75, 3.05) is 0 Å². The van der Waals surface area contributed by atoms with E-state index >= 15 is 0 Å². The lowest BCUT2D eigenvalue weighted by Gasteiger charge is -2.16. The largest absolute Gasteiger partial charge is 0.488 e. The van der Waals surface area contributed by atoms with Crippen molar-refractivity contribution in [3.8, 4) is 5.75 Å². The highest BCUT2D eigenvalue weighted by Gasteiger charge is 2.08. The molecular formula is C18H22ClNO. The van der Waals surface area contributed by atoms with E-state index in [4.69, 9.17) is 16.3 Å². The fourth-order valence-electron chi connectivity index (χ4n) is 2.16. The highest BCUT2D eigenvalue weighted by atomic mass is 35.5. The Morgan fingerprint density at radius 2 is 1.90 bits per heavy atom. The third-order valence-corrected chi connectivity index (χ3v) is 3.50. The molecule has 2 nitrogen and oxygen atoms in total. The number of hydrogen-bond acceptors (Lipinski definition) is 2. The van der Waals surface area contributed by atoms with E-state index in [1.165, 1.54) is 5.56 Å². The molecule has 21 heavy (non-hydrogen) atoms. The predicted octanol–water partition coefficient (Wildman–Crippen LogP) is 4.73. The van der Waals surface area contributed by atoms with E-state index in [0.29, 0.717) is 12.6 Å². The number of halogens is 1. The molecular weight excluding hydrogens is 282 g/mol. The predicted molar refractivity (Wildman–Crippen MR) is 88.9 cm³/mol. The number of rotatable bonds is 6. The maximum Gasteiger partial charge on any atom is 0.127 e. The van der Waals surface area contributed by atoms with Gasteiger partial charge in [0.1, 0.15) is 12.4 Å². The van der Waals surface area contributed by atoms with Gasteiger partial charge in [0.05, 0.1) is 0 Å². The maximum atomic E-state index is 6.04. The van der Waals surface area contributed by atoms with E-state index in [-0.39, 0.29) is 0 Å². The average molecular weight is 304 g/mol.